The fourth-order valence-electron chi connectivity index (χ4n) is 1.51. The van der Waals surface area contributed by atoms with Crippen molar-refractivity contribution in [3.05, 3.63) is 21.9 Å². The molecule has 0 fully saturated rings. The molecule has 1 N–H and O–H groups in total. The molecule has 5 heteroatoms. The third-order valence-corrected chi connectivity index (χ3v) is 2.80. The number of benzene rings is 1. The second-order valence-corrected chi connectivity index (χ2v) is 4.29. The SMILES string of the molecule is C[C@H]1COc2c(Br)cc(F)c(C=O)c2N1. The molecule has 0 unspecified atom stereocenters. The van der Waals surface area contributed by atoms with Crippen LogP contribution in [0.25, 0.3) is 0 Å². The molecule has 0 saturated heterocycles. The molecule has 0 aromatic heterocycles. The van der Waals surface area contributed by atoms with Gasteiger partial charge in [0, 0.05) is 0 Å². The highest BCUT2D eigenvalue weighted by Gasteiger charge is 2.23. The van der Waals surface area contributed by atoms with Crippen molar-refractivity contribution in [3.63, 3.8) is 0 Å². The maximum Gasteiger partial charge on any atom is 0.157 e. The van der Waals surface area contributed by atoms with Gasteiger partial charge < -0.3 is 10.1 Å². The average Bonchev–Trinajstić information content (AvgIpc) is 2.17. The number of nitrogens with one attached hydrogen (secondary N) is 1. The van der Waals surface area contributed by atoms with E-state index in [9.17, 15) is 9.18 Å². The van der Waals surface area contributed by atoms with Gasteiger partial charge in [-0.15, -0.1) is 0 Å². The Morgan fingerprint density at radius 3 is 3.13 bits per heavy atom. The lowest BCUT2D eigenvalue weighted by atomic mass is 10.1. The molecule has 3 nitrogen and oxygen atoms in total. The maximum absolute atomic E-state index is 13.4. The summed E-state index contributed by atoms with van der Waals surface area (Å²) in [6.07, 6.45) is 0.495. The van der Waals surface area contributed by atoms with Crippen molar-refractivity contribution in [2.24, 2.45) is 0 Å². The molecule has 1 aromatic rings. The lowest BCUT2D eigenvalue weighted by molar-refractivity contribution is 0.111. The highest BCUT2D eigenvalue weighted by molar-refractivity contribution is 9.10. The number of ether oxygens (including phenoxy) is 1. The third-order valence-electron chi connectivity index (χ3n) is 2.21. The van der Waals surface area contributed by atoms with Crippen LogP contribution in [-0.4, -0.2) is 18.9 Å². The molecule has 0 bridgehead atoms. The number of carbonyl (C=O) groups is 1. The van der Waals surface area contributed by atoms with Crippen molar-refractivity contribution in [2.75, 3.05) is 11.9 Å². The summed E-state index contributed by atoms with van der Waals surface area (Å²) >= 11 is 3.20. The summed E-state index contributed by atoms with van der Waals surface area (Å²) < 4.78 is 19.4. The van der Waals surface area contributed by atoms with Crippen LogP contribution in [-0.2, 0) is 0 Å². The summed E-state index contributed by atoms with van der Waals surface area (Å²) in [5.74, 6) is -0.0579. The molecule has 0 radical (unpaired) electrons. The molecule has 1 aliphatic heterocycles. The first-order chi connectivity index (χ1) is 7.13. The van der Waals surface area contributed by atoms with Crippen molar-refractivity contribution in [2.45, 2.75) is 13.0 Å². The van der Waals surface area contributed by atoms with Gasteiger partial charge in [0.25, 0.3) is 0 Å². The van der Waals surface area contributed by atoms with Gasteiger partial charge in [-0.3, -0.25) is 4.79 Å². The first kappa shape index (κ1) is 10.4. The molecular weight excluding hydrogens is 265 g/mol. The van der Waals surface area contributed by atoms with Crippen molar-refractivity contribution in [1.82, 2.24) is 0 Å². The largest absolute Gasteiger partial charge is 0.488 e. The first-order valence-electron chi connectivity index (χ1n) is 4.50. The minimum atomic E-state index is -0.555. The van der Waals surface area contributed by atoms with Gasteiger partial charge in [0.2, 0.25) is 0 Å². The second kappa shape index (κ2) is 3.81. The van der Waals surface area contributed by atoms with Gasteiger partial charge in [0.05, 0.1) is 21.8 Å². The zero-order valence-corrected chi connectivity index (χ0v) is 9.60. The van der Waals surface area contributed by atoms with E-state index in [1.807, 2.05) is 6.92 Å². The average molecular weight is 274 g/mol. The molecule has 1 atom stereocenters. The van der Waals surface area contributed by atoms with Gasteiger partial charge in [0.15, 0.2) is 12.0 Å². The van der Waals surface area contributed by atoms with E-state index in [4.69, 9.17) is 4.74 Å². The summed E-state index contributed by atoms with van der Waals surface area (Å²) in [6.45, 7) is 2.39. The maximum atomic E-state index is 13.4. The highest BCUT2D eigenvalue weighted by atomic mass is 79.9. The second-order valence-electron chi connectivity index (χ2n) is 3.43. The summed E-state index contributed by atoms with van der Waals surface area (Å²) in [4.78, 5) is 10.8. The fraction of sp³-hybridized carbons (Fsp3) is 0.300. The van der Waals surface area contributed by atoms with Crippen LogP contribution >= 0.6 is 15.9 Å². The molecule has 0 saturated carbocycles. The van der Waals surface area contributed by atoms with E-state index < -0.39 is 5.82 Å². The Morgan fingerprint density at radius 1 is 1.73 bits per heavy atom. The van der Waals surface area contributed by atoms with Gasteiger partial charge in [-0.1, -0.05) is 0 Å². The Labute approximate surface area is 94.7 Å². The van der Waals surface area contributed by atoms with E-state index >= 15 is 0 Å². The van der Waals surface area contributed by atoms with E-state index in [1.165, 1.54) is 6.07 Å². The van der Waals surface area contributed by atoms with Crippen LogP contribution in [0.5, 0.6) is 5.75 Å². The molecule has 1 heterocycles. The van der Waals surface area contributed by atoms with Crippen molar-refractivity contribution in [3.8, 4) is 5.75 Å². The molecule has 1 aliphatic rings. The van der Waals surface area contributed by atoms with Crippen LogP contribution < -0.4 is 10.1 Å². The number of anilines is 1. The number of aldehydes is 1. The van der Waals surface area contributed by atoms with Crippen molar-refractivity contribution >= 4 is 27.9 Å². The Morgan fingerprint density at radius 2 is 2.47 bits per heavy atom. The summed E-state index contributed by atoms with van der Waals surface area (Å²) in [6, 6.07) is 1.30. The van der Waals surface area contributed by atoms with Crippen LogP contribution in [0.15, 0.2) is 10.5 Å². The summed E-state index contributed by atoms with van der Waals surface area (Å²) in [5.41, 5.74) is 0.440. The third kappa shape index (κ3) is 1.71. The van der Waals surface area contributed by atoms with E-state index in [1.54, 1.807) is 0 Å². The number of rotatable bonds is 1. The van der Waals surface area contributed by atoms with Crippen LogP contribution in [0, 0.1) is 5.82 Å². The number of halogens is 2. The minimum absolute atomic E-state index is 0.0137. The topological polar surface area (TPSA) is 38.3 Å². The Bertz CT molecular complexity index is 422. The Balaban J connectivity index is 2.63. The standard InChI is InChI=1S/C10H9BrFNO2/c1-5-4-15-10-7(11)2-8(12)6(3-14)9(10)13-5/h2-3,5,13H,4H2,1H3/t5-/m0/s1. The van der Waals surface area contributed by atoms with Crippen LogP contribution in [0.2, 0.25) is 0 Å². The van der Waals surface area contributed by atoms with Gasteiger partial charge in [-0.2, -0.15) is 0 Å². The molecule has 0 amide bonds. The molecule has 80 valence electrons. The van der Waals surface area contributed by atoms with Gasteiger partial charge >= 0.3 is 0 Å². The van der Waals surface area contributed by atoms with E-state index in [0.717, 1.165) is 0 Å². The highest BCUT2D eigenvalue weighted by Crippen LogP contribution is 2.39. The monoisotopic (exact) mass is 273 g/mol. The van der Waals surface area contributed by atoms with E-state index in [2.05, 4.69) is 21.2 Å². The zero-order valence-electron chi connectivity index (χ0n) is 8.01. The quantitative estimate of drug-likeness (QED) is 0.800. The van der Waals surface area contributed by atoms with Crippen LogP contribution in [0.3, 0.4) is 0 Å². The summed E-state index contributed by atoms with van der Waals surface area (Å²) in [7, 11) is 0. The number of fused-ring (bicyclic) bond motifs is 1. The Kier molecular flexibility index (Phi) is 2.65. The van der Waals surface area contributed by atoms with Gasteiger partial charge in [-0.05, 0) is 28.9 Å². The van der Waals surface area contributed by atoms with Crippen LogP contribution in [0.1, 0.15) is 17.3 Å². The molecule has 0 spiro atoms. The van der Waals surface area contributed by atoms with E-state index in [0.29, 0.717) is 28.8 Å². The molecular formula is C10H9BrFNO2. The summed E-state index contributed by atoms with van der Waals surface area (Å²) in [5, 5.41) is 3.03. The molecule has 2 rings (SSSR count). The smallest absolute Gasteiger partial charge is 0.157 e. The number of hydrogen-bond donors (Lipinski definition) is 1. The zero-order chi connectivity index (χ0) is 11.0. The first-order valence-corrected chi connectivity index (χ1v) is 5.29. The van der Waals surface area contributed by atoms with Gasteiger partial charge in [0.1, 0.15) is 12.4 Å². The predicted molar refractivity (Wildman–Crippen MR) is 58.1 cm³/mol. The van der Waals surface area contributed by atoms with Gasteiger partial charge in [-0.25, -0.2) is 4.39 Å². The van der Waals surface area contributed by atoms with Crippen molar-refractivity contribution < 1.29 is 13.9 Å². The van der Waals surface area contributed by atoms with E-state index in [-0.39, 0.29) is 11.6 Å². The fourth-order valence-corrected chi connectivity index (χ4v) is 2.03. The minimum Gasteiger partial charge on any atom is -0.488 e. The lowest BCUT2D eigenvalue weighted by Crippen LogP contribution is -2.29. The lowest BCUT2D eigenvalue weighted by Gasteiger charge is -2.26. The predicted octanol–water partition coefficient (Wildman–Crippen LogP) is 2.59. The number of hydrogen-bond acceptors (Lipinski definition) is 3. The number of carbonyl (C=O) groups excluding carboxylic acids is 1. The molecule has 0 aliphatic carbocycles. The van der Waals surface area contributed by atoms with Crippen LogP contribution in [0.4, 0.5) is 10.1 Å². The normalized spacial score (nSPS) is 18.7. The Hall–Kier alpha value is -1.10. The molecule has 1 aromatic carbocycles. The molecule has 15 heavy (non-hydrogen) atoms. The van der Waals surface area contributed by atoms with Crippen molar-refractivity contribution in [1.29, 1.82) is 0 Å².